The van der Waals surface area contributed by atoms with Crippen LogP contribution in [0.4, 0.5) is 5.69 Å². The Kier molecular flexibility index (Phi) is 5.59. The second-order valence-electron chi connectivity index (χ2n) is 6.38. The van der Waals surface area contributed by atoms with Gasteiger partial charge in [-0.05, 0) is 52.8 Å². The van der Waals surface area contributed by atoms with Gasteiger partial charge in [0.25, 0.3) is 0 Å². The first-order valence-corrected chi connectivity index (χ1v) is 8.95. The van der Waals surface area contributed by atoms with Gasteiger partial charge in [0.15, 0.2) is 4.98 Å². The van der Waals surface area contributed by atoms with Crippen LogP contribution in [0.2, 0.25) is 0 Å². The first-order valence-electron chi connectivity index (χ1n) is 8.95. The van der Waals surface area contributed by atoms with Crippen LogP contribution in [0.3, 0.4) is 0 Å². The molecule has 0 radical (unpaired) electrons. The van der Waals surface area contributed by atoms with Crippen LogP contribution >= 0.6 is 0 Å². The fraction of sp³-hybridized carbons (Fsp3) is 0.217. The molecule has 0 unspecified atom stereocenters. The number of hydrogen-bond donors (Lipinski definition) is 0. The summed E-state index contributed by atoms with van der Waals surface area (Å²) in [5.41, 5.74) is 6.74. The van der Waals surface area contributed by atoms with E-state index in [2.05, 4.69) is 60.4 Å². The average Bonchev–Trinajstić information content (AvgIpc) is 2.69. The molecule has 0 aliphatic heterocycles. The summed E-state index contributed by atoms with van der Waals surface area (Å²) in [5, 5.41) is 8.77. The van der Waals surface area contributed by atoms with Crippen LogP contribution in [0.15, 0.2) is 72.8 Å². The second kappa shape index (κ2) is 8.26. The minimum atomic E-state index is 0.569. The Bertz CT molecular complexity index is 839. The highest BCUT2D eigenvalue weighted by atomic mass is 14.8. The van der Waals surface area contributed by atoms with Crippen molar-refractivity contribution in [1.82, 2.24) is 0 Å². The van der Waals surface area contributed by atoms with E-state index < -0.39 is 0 Å². The third kappa shape index (κ3) is 4.33. The van der Waals surface area contributed by atoms with Crippen LogP contribution in [0.5, 0.6) is 0 Å². The van der Waals surface area contributed by atoms with Crippen molar-refractivity contribution in [2.75, 3.05) is 0 Å². The van der Waals surface area contributed by atoms with Crippen LogP contribution < -0.4 is 0 Å². The molecule has 0 aliphatic carbocycles. The van der Waals surface area contributed by atoms with E-state index in [-0.39, 0.29) is 0 Å². The smallest absolute Gasteiger partial charge is 0.0654 e. The predicted molar refractivity (Wildman–Crippen MR) is 105 cm³/mol. The molecule has 0 bridgehead atoms. The van der Waals surface area contributed by atoms with Gasteiger partial charge in [0.2, 0.25) is 5.39 Å². The molecule has 0 spiro atoms. The lowest BCUT2D eigenvalue weighted by Gasteiger charge is -2.06. The molecule has 0 fully saturated rings. The number of diazo groups is 1. The second-order valence-corrected chi connectivity index (χ2v) is 6.38. The monoisotopic (exact) mass is 327 g/mol. The first-order chi connectivity index (χ1) is 12.3. The van der Waals surface area contributed by atoms with Crippen molar-refractivity contribution in [3.8, 4) is 22.3 Å². The molecule has 0 N–H and O–H groups in total. The summed E-state index contributed by atoms with van der Waals surface area (Å²) >= 11 is 0. The summed E-state index contributed by atoms with van der Waals surface area (Å²) in [6.45, 7) is 2.24. The van der Waals surface area contributed by atoms with Crippen LogP contribution in [-0.2, 0) is 6.42 Å². The highest BCUT2D eigenvalue weighted by molar-refractivity contribution is 5.71. The lowest BCUT2D eigenvalue weighted by atomic mass is 9.98. The van der Waals surface area contributed by atoms with E-state index in [0.717, 1.165) is 11.1 Å². The van der Waals surface area contributed by atoms with Gasteiger partial charge in [-0.25, -0.2) is 0 Å². The number of unbranched alkanes of at least 4 members (excludes halogenated alkanes) is 2. The molecular weight excluding hydrogens is 304 g/mol. The fourth-order valence-corrected chi connectivity index (χ4v) is 3.02. The molecule has 25 heavy (non-hydrogen) atoms. The third-order valence-corrected chi connectivity index (χ3v) is 4.56. The Morgan fingerprint density at radius 2 is 1.08 bits per heavy atom. The van der Waals surface area contributed by atoms with Crippen LogP contribution in [0, 0.1) is 5.39 Å². The number of benzene rings is 3. The molecule has 2 nitrogen and oxygen atoms in total. The Labute approximate surface area is 149 Å². The summed E-state index contributed by atoms with van der Waals surface area (Å²) < 4.78 is 0. The predicted octanol–water partition coefficient (Wildman–Crippen LogP) is 7.24. The van der Waals surface area contributed by atoms with Gasteiger partial charge >= 0.3 is 5.69 Å². The van der Waals surface area contributed by atoms with Crippen LogP contribution in [0.1, 0.15) is 31.7 Å². The van der Waals surface area contributed by atoms with Gasteiger partial charge < -0.3 is 0 Å². The lowest BCUT2D eigenvalue weighted by Crippen LogP contribution is -1.86. The molecule has 3 rings (SSSR count). The molecule has 0 heterocycles. The van der Waals surface area contributed by atoms with Crippen molar-refractivity contribution in [1.29, 1.82) is 5.39 Å². The summed E-state index contributed by atoms with van der Waals surface area (Å²) in [5.74, 6) is 0. The summed E-state index contributed by atoms with van der Waals surface area (Å²) in [6.07, 6.45) is 5.01. The lowest BCUT2D eigenvalue weighted by molar-refractivity contribution is 0.717. The van der Waals surface area contributed by atoms with Gasteiger partial charge in [-0.1, -0.05) is 68.3 Å². The van der Waals surface area contributed by atoms with E-state index in [1.807, 2.05) is 12.1 Å². The van der Waals surface area contributed by atoms with E-state index in [4.69, 9.17) is 5.39 Å². The Hall–Kier alpha value is -2.92. The van der Waals surface area contributed by atoms with Gasteiger partial charge in [-0.3, -0.25) is 0 Å². The number of aryl methyl sites for hydroxylation is 1. The van der Waals surface area contributed by atoms with E-state index >= 15 is 0 Å². The molecule has 0 saturated carbocycles. The molecule has 124 valence electrons. The molecule has 3 aromatic carbocycles. The zero-order valence-electron chi connectivity index (χ0n) is 14.7. The number of nitrogens with zero attached hydrogens (tertiary/aromatic N) is 2. The van der Waals surface area contributed by atoms with E-state index in [9.17, 15) is 0 Å². The quantitative estimate of drug-likeness (QED) is 0.346. The Morgan fingerprint density at radius 3 is 1.52 bits per heavy atom. The van der Waals surface area contributed by atoms with Crippen molar-refractivity contribution in [3.05, 3.63) is 83.3 Å². The molecule has 3 aromatic rings. The Morgan fingerprint density at radius 1 is 0.640 bits per heavy atom. The van der Waals surface area contributed by atoms with Crippen molar-refractivity contribution in [2.45, 2.75) is 32.6 Å². The largest absolute Gasteiger partial charge is 0.385 e. The van der Waals surface area contributed by atoms with E-state index in [1.165, 1.54) is 42.4 Å². The van der Waals surface area contributed by atoms with Crippen molar-refractivity contribution >= 4 is 5.69 Å². The average molecular weight is 327 g/mol. The van der Waals surface area contributed by atoms with Crippen molar-refractivity contribution < 1.29 is 0 Å². The summed E-state index contributed by atoms with van der Waals surface area (Å²) in [6, 6.07) is 25.1. The Balaban J connectivity index is 1.72. The molecule has 0 aliphatic rings. The molecule has 0 amide bonds. The molecule has 2 heteroatoms. The van der Waals surface area contributed by atoms with Gasteiger partial charge in [0.1, 0.15) is 0 Å². The topological polar surface area (TPSA) is 28.1 Å². The normalized spacial score (nSPS) is 10.4. The molecule has 0 saturated heterocycles. The maximum absolute atomic E-state index is 8.77. The minimum absolute atomic E-state index is 0.569. The number of rotatable bonds is 6. The molecule has 0 aromatic heterocycles. The minimum Gasteiger partial charge on any atom is -0.0654 e. The zero-order chi connectivity index (χ0) is 17.5. The summed E-state index contributed by atoms with van der Waals surface area (Å²) in [7, 11) is 0. The van der Waals surface area contributed by atoms with Crippen LogP contribution in [0.25, 0.3) is 27.2 Å². The van der Waals surface area contributed by atoms with Gasteiger partial charge in [0, 0.05) is 12.1 Å². The fourth-order valence-electron chi connectivity index (χ4n) is 3.02. The number of hydrogen-bond acceptors (Lipinski definition) is 1. The van der Waals surface area contributed by atoms with E-state index in [1.54, 1.807) is 12.1 Å². The SMILES string of the molecule is CCCCCc1ccc(-c2ccc(-c3ccc([N+]#N)cc3)cc2)cc1. The van der Waals surface area contributed by atoms with Crippen molar-refractivity contribution in [3.63, 3.8) is 0 Å². The maximum atomic E-state index is 8.77. The standard InChI is InChI=1S/C23H23N2/c1-2-3-4-5-18-6-8-19(9-7-18)20-10-12-21(13-11-20)22-14-16-23(25-24)17-15-22/h6-17H,2-5H2,1H3/q+1. The van der Waals surface area contributed by atoms with E-state index in [0.29, 0.717) is 5.69 Å². The third-order valence-electron chi connectivity index (χ3n) is 4.56. The highest BCUT2D eigenvalue weighted by Gasteiger charge is 2.05. The van der Waals surface area contributed by atoms with Crippen LogP contribution in [-0.4, -0.2) is 0 Å². The summed E-state index contributed by atoms with van der Waals surface area (Å²) in [4.78, 5) is 3.19. The maximum Gasteiger partial charge on any atom is 0.385 e. The zero-order valence-corrected chi connectivity index (χ0v) is 14.7. The van der Waals surface area contributed by atoms with Gasteiger partial charge in [-0.2, -0.15) is 0 Å². The van der Waals surface area contributed by atoms with Gasteiger partial charge in [-0.15, -0.1) is 0 Å². The molecule has 0 atom stereocenters. The molecular formula is C23H23N2+. The highest BCUT2D eigenvalue weighted by Crippen LogP contribution is 2.26. The first kappa shape index (κ1) is 16.9. The van der Waals surface area contributed by atoms with Gasteiger partial charge in [0.05, 0.1) is 0 Å². The van der Waals surface area contributed by atoms with Crippen molar-refractivity contribution in [2.24, 2.45) is 0 Å².